The molecule has 1 aliphatic rings. The average Bonchev–Trinajstić information content (AvgIpc) is 3.51. The molecule has 2 aromatic heterocycles. The van der Waals surface area contributed by atoms with Gasteiger partial charge < -0.3 is 10.1 Å². The molecular weight excluding hydrogens is 452 g/mol. The van der Waals surface area contributed by atoms with E-state index in [1.807, 2.05) is 11.3 Å². The number of H-pyrrole nitrogens is 1. The lowest BCUT2D eigenvalue weighted by atomic mass is 9.71. The van der Waals surface area contributed by atoms with Crippen molar-refractivity contribution < 1.29 is 5.11 Å². The number of aliphatic hydroxyl groups is 1. The van der Waals surface area contributed by atoms with Crippen molar-refractivity contribution in [1.82, 2.24) is 9.88 Å². The first-order valence-electron chi connectivity index (χ1n) is 13.4. The second kappa shape index (κ2) is 10.3. The van der Waals surface area contributed by atoms with Crippen LogP contribution >= 0.6 is 11.3 Å². The Morgan fingerprint density at radius 3 is 2.24 bits per heavy atom. The van der Waals surface area contributed by atoms with E-state index in [1.165, 1.54) is 33.9 Å². The summed E-state index contributed by atoms with van der Waals surface area (Å²) in [4.78, 5) is 7.73. The molecule has 1 fully saturated rings. The highest BCUT2D eigenvalue weighted by Crippen LogP contribution is 2.47. The third-order valence-corrected chi connectivity index (χ3v) is 15.9. The van der Waals surface area contributed by atoms with Crippen molar-refractivity contribution in [2.75, 3.05) is 14.1 Å². The topological polar surface area (TPSA) is 39.3 Å². The largest absolute Gasteiger partial charge is 0.390 e. The van der Waals surface area contributed by atoms with Crippen molar-refractivity contribution in [3.8, 4) is 0 Å². The Morgan fingerprint density at radius 2 is 1.65 bits per heavy atom. The zero-order valence-corrected chi connectivity index (χ0v) is 23.7. The van der Waals surface area contributed by atoms with E-state index < -0.39 is 13.7 Å². The maximum absolute atomic E-state index is 11.6. The normalized spacial score (nSPS) is 23.7. The predicted octanol–water partition coefficient (Wildman–Crippen LogP) is 7.03. The number of rotatable bonds is 10. The summed E-state index contributed by atoms with van der Waals surface area (Å²) in [5.41, 5.74) is 2.40. The van der Waals surface area contributed by atoms with Crippen molar-refractivity contribution in [1.29, 1.82) is 0 Å². The molecule has 5 heteroatoms. The molecule has 1 saturated carbocycles. The van der Waals surface area contributed by atoms with E-state index in [0.717, 1.165) is 44.9 Å². The van der Waals surface area contributed by atoms with Crippen LogP contribution in [-0.2, 0) is 12.0 Å². The van der Waals surface area contributed by atoms with Gasteiger partial charge in [-0.2, -0.15) is 0 Å². The highest BCUT2D eigenvalue weighted by Gasteiger charge is 2.44. The fourth-order valence-electron chi connectivity index (χ4n) is 6.62. The van der Waals surface area contributed by atoms with Gasteiger partial charge in [0.2, 0.25) is 0 Å². The molecule has 4 rings (SSSR count). The van der Waals surface area contributed by atoms with Gasteiger partial charge in [-0.3, -0.25) is 4.90 Å². The fraction of sp³-hybridized carbons (Fsp3) is 0.586. The number of nitrogens with one attached hydrogen (secondary N) is 1. The lowest BCUT2D eigenvalue weighted by molar-refractivity contribution is -0.0513. The summed E-state index contributed by atoms with van der Waals surface area (Å²) in [5.74, 6) is 0. The van der Waals surface area contributed by atoms with Gasteiger partial charge in [-0.15, -0.1) is 11.3 Å². The van der Waals surface area contributed by atoms with Crippen molar-refractivity contribution >= 4 is 35.6 Å². The summed E-state index contributed by atoms with van der Waals surface area (Å²) in [6.45, 7) is 7.18. The molecular formula is C29H44N2OSSi. The Balaban J connectivity index is 1.50. The first-order chi connectivity index (χ1) is 16.3. The number of aromatic amines is 1. The van der Waals surface area contributed by atoms with Crippen LogP contribution in [0.1, 0.15) is 69.7 Å². The first kappa shape index (κ1) is 25.7. The summed E-state index contributed by atoms with van der Waals surface area (Å²) in [6.07, 6.45) is 6.88. The first-order valence-corrected chi connectivity index (χ1v) is 16.9. The Labute approximate surface area is 211 Å². The quantitative estimate of drug-likeness (QED) is 0.296. The molecule has 0 bridgehead atoms. The second-order valence-electron chi connectivity index (χ2n) is 10.8. The molecule has 34 heavy (non-hydrogen) atoms. The predicted molar refractivity (Wildman–Crippen MR) is 151 cm³/mol. The summed E-state index contributed by atoms with van der Waals surface area (Å²) in [5, 5.41) is 16.8. The van der Waals surface area contributed by atoms with E-state index in [0.29, 0.717) is 0 Å². The number of aromatic nitrogens is 1. The zero-order chi connectivity index (χ0) is 24.4. The Kier molecular flexibility index (Phi) is 7.78. The van der Waals surface area contributed by atoms with Gasteiger partial charge in [0.15, 0.2) is 0 Å². The van der Waals surface area contributed by atoms with Crippen LogP contribution in [0.5, 0.6) is 0 Å². The molecule has 1 aliphatic carbocycles. The summed E-state index contributed by atoms with van der Waals surface area (Å²) in [6, 6.07) is 17.2. The van der Waals surface area contributed by atoms with Crippen molar-refractivity contribution in [2.45, 2.75) is 95.0 Å². The molecule has 0 amide bonds. The number of benzene rings is 1. The molecule has 1 aromatic carbocycles. The second-order valence-corrected chi connectivity index (χ2v) is 17.0. The summed E-state index contributed by atoms with van der Waals surface area (Å²) < 4.78 is 0. The summed E-state index contributed by atoms with van der Waals surface area (Å²) in [7, 11) is 2.89. The third kappa shape index (κ3) is 4.57. The Morgan fingerprint density at radius 1 is 0.971 bits per heavy atom. The maximum atomic E-state index is 11.6. The van der Waals surface area contributed by atoms with Gasteiger partial charge in [-0.25, -0.2) is 0 Å². The van der Waals surface area contributed by atoms with E-state index in [9.17, 15) is 5.11 Å². The van der Waals surface area contributed by atoms with E-state index in [1.54, 1.807) is 10.9 Å². The van der Waals surface area contributed by atoms with Gasteiger partial charge in [0.05, 0.1) is 11.1 Å². The highest BCUT2D eigenvalue weighted by atomic mass is 32.1. The van der Waals surface area contributed by atoms with Gasteiger partial charge >= 0.3 is 0 Å². The molecule has 2 heterocycles. The molecule has 0 saturated heterocycles. The molecule has 0 spiro atoms. The molecule has 2 N–H and O–H groups in total. The van der Waals surface area contributed by atoms with Crippen LogP contribution in [0.3, 0.4) is 0 Å². The van der Waals surface area contributed by atoms with Gasteiger partial charge in [-0.1, -0.05) is 63.2 Å². The van der Waals surface area contributed by atoms with Crippen LogP contribution in [0.4, 0.5) is 0 Å². The minimum Gasteiger partial charge on any atom is -0.390 e. The monoisotopic (exact) mass is 496 g/mol. The summed E-state index contributed by atoms with van der Waals surface area (Å²) >= 11 is 1.86. The van der Waals surface area contributed by atoms with Crippen molar-refractivity contribution in [2.24, 2.45) is 0 Å². The smallest absolute Gasteiger partial charge is 0.107 e. The minimum atomic E-state index is -1.51. The molecule has 0 radical (unpaired) electrons. The van der Waals surface area contributed by atoms with E-state index in [4.69, 9.17) is 0 Å². The van der Waals surface area contributed by atoms with E-state index >= 15 is 0 Å². The molecule has 0 aliphatic heterocycles. The van der Waals surface area contributed by atoms with Crippen LogP contribution in [-0.4, -0.2) is 42.8 Å². The zero-order valence-electron chi connectivity index (χ0n) is 21.9. The molecule has 0 unspecified atom stereocenters. The number of nitrogens with zero attached hydrogens (tertiary/aromatic N) is 1. The number of para-hydroxylation sites is 1. The van der Waals surface area contributed by atoms with Gasteiger partial charge in [0.25, 0.3) is 0 Å². The Hall–Kier alpha value is -1.40. The lowest BCUT2D eigenvalue weighted by Crippen LogP contribution is -2.49. The number of hydrogen-bond acceptors (Lipinski definition) is 3. The Bertz CT molecular complexity index is 1050. The standard InChI is InChI=1S/C29H44N2OSSi/c1-6-34(7-2,8-3)27-24(23-13-9-10-15-25(23)30-27)14-11-17-28(32)18-20-29(21-19-28,31(4)5)26-16-12-22-33-26/h9-10,12-13,15-16,22,30,32H,6-8,11,14,17-21H2,1-5H3. The van der Waals surface area contributed by atoms with Crippen molar-refractivity contribution in [3.63, 3.8) is 0 Å². The average molecular weight is 497 g/mol. The molecule has 3 nitrogen and oxygen atoms in total. The molecule has 186 valence electrons. The number of fused-ring (bicyclic) bond motifs is 1. The SMILES string of the molecule is CC[Si](CC)(CC)c1[nH]c2ccccc2c1CCCC1(O)CCC(c2cccs2)(N(C)C)CC1. The number of hydrogen-bond donors (Lipinski definition) is 2. The molecule has 0 atom stereocenters. The van der Waals surface area contributed by atoms with Crippen LogP contribution in [0, 0.1) is 0 Å². The van der Waals surface area contributed by atoms with Crippen molar-refractivity contribution in [3.05, 3.63) is 52.2 Å². The highest BCUT2D eigenvalue weighted by molar-refractivity contribution is 7.10. The van der Waals surface area contributed by atoms with Gasteiger partial charge in [0, 0.05) is 21.1 Å². The fourth-order valence-corrected chi connectivity index (χ4v) is 11.6. The maximum Gasteiger partial charge on any atom is 0.107 e. The van der Waals surface area contributed by atoms with Gasteiger partial charge in [-0.05, 0) is 82.1 Å². The minimum absolute atomic E-state index is 0.0823. The van der Waals surface area contributed by atoms with Crippen LogP contribution in [0.2, 0.25) is 18.1 Å². The van der Waals surface area contributed by atoms with Gasteiger partial charge in [0.1, 0.15) is 8.07 Å². The van der Waals surface area contributed by atoms with Crippen LogP contribution in [0.25, 0.3) is 10.9 Å². The number of aryl methyl sites for hydroxylation is 1. The van der Waals surface area contributed by atoms with Crippen LogP contribution < -0.4 is 5.32 Å². The van der Waals surface area contributed by atoms with E-state index in [-0.39, 0.29) is 5.54 Å². The lowest BCUT2D eigenvalue weighted by Gasteiger charge is -2.47. The number of thiophene rings is 1. The van der Waals surface area contributed by atoms with E-state index in [2.05, 4.69) is 86.5 Å². The van der Waals surface area contributed by atoms with Crippen LogP contribution in [0.15, 0.2) is 41.8 Å². The third-order valence-electron chi connectivity index (χ3n) is 9.29. The molecule has 3 aromatic rings.